The van der Waals surface area contributed by atoms with Crippen LogP contribution in [0.4, 0.5) is 0 Å². The van der Waals surface area contributed by atoms with E-state index in [9.17, 15) is 4.79 Å². The van der Waals surface area contributed by atoms with Gasteiger partial charge in [0.1, 0.15) is 17.3 Å². The van der Waals surface area contributed by atoms with Crippen LogP contribution in [0, 0.1) is 5.92 Å². The van der Waals surface area contributed by atoms with E-state index in [0.29, 0.717) is 6.54 Å². The molecule has 9 heteroatoms. The summed E-state index contributed by atoms with van der Waals surface area (Å²) in [5.41, 5.74) is 1.14. The highest BCUT2D eigenvalue weighted by molar-refractivity contribution is 5.78. The molecule has 1 aromatic carbocycles. The Morgan fingerprint density at radius 2 is 2.03 bits per heavy atom. The minimum absolute atomic E-state index is 0.0650. The molecule has 3 heterocycles. The second-order valence-electron chi connectivity index (χ2n) is 8.71. The van der Waals surface area contributed by atoms with Crippen LogP contribution in [0.15, 0.2) is 18.2 Å². The van der Waals surface area contributed by atoms with E-state index >= 15 is 0 Å². The third kappa shape index (κ3) is 5.21. The van der Waals surface area contributed by atoms with Crippen molar-refractivity contribution in [2.45, 2.75) is 38.9 Å². The summed E-state index contributed by atoms with van der Waals surface area (Å²) in [6.07, 6.45) is 2.86. The Morgan fingerprint density at radius 3 is 2.81 bits per heavy atom. The van der Waals surface area contributed by atoms with E-state index in [1.807, 2.05) is 12.1 Å². The number of nitrogens with one attached hydrogen (secondary N) is 1. The molecule has 4 rings (SSSR count). The first-order valence-corrected chi connectivity index (χ1v) is 11.4. The van der Waals surface area contributed by atoms with E-state index in [-0.39, 0.29) is 11.8 Å². The number of hydrogen-bond donors (Lipinski definition) is 1. The van der Waals surface area contributed by atoms with Crippen LogP contribution in [-0.4, -0.2) is 77.9 Å². The molecule has 0 bridgehead atoms. The summed E-state index contributed by atoms with van der Waals surface area (Å²) >= 11 is 0. The summed E-state index contributed by atoms with van der Waals surface area (Å²) in [4.78, 5) is 17.2. The smallest absolute Gasteiger partial charge is 0.224 e. The number of carbonyl (C=O) groups is 1. The second-order valence-corrected chi connectivity index (χ2v) is 8.71. The molecule has 2 aliphatic rings. The number of carbonyl (C=O) groups excluding carboxylic acids is 1. The summed E-state index contributed by atoms with van der Waals surface area (Å²) in [6, 6.07) is 5.95. The van der Waals surface area contributed by atoms with E-state index in [4.69, 9.17) is 9.47 Å². The Bertz CT molecular complexity index is 930. The number of amides is 1. The lowest BCUT2D eigenvalue weighted by atomic mass is 9.98. The maximum Gasteiger partial charge on any atom is 0.224 e. The Balaban J connectivity index is 1.35. The third-order valence-electron chi connectivity index (χ3n) is 6.50. The van der Waals surface area contributed by atoms with Gasteiger partial charge in [0.2, 0.25) is 5.91 Å². The van der Waals surface area contributed by atoms with E-state index in [1.165, 1.54) is 0 Å². The molecule has 1 fully saturated rings. The van der Waals surface area contributed by atoms with Gasteiger partial charge in [-0.1, -0.05) is 6.07 Å². The van der Waals surface area contributed by atoms with Gasteiger partial charge in [0.25, 0.3) is 0 Å². The van der Waals surface area contributed by atoms with Crippen LogP contribution in [0.25, 0.3) is 0 Å². The maximum absolute atomic E-state index is 12.6. The van der Waals surface area contributed by atoms with E-state index in [2.05, 4.69) is 43.0 Å². The second kappa shape index (κ2) is 10.3. The minimum Gasteiger partial charge on any atom is -0.497 e. The molecular weight excluding hydrogens is 408 g/mol. The van der Waals surface area contributed by atoms with E-state index in [1.54, 1.807) is 14.2 Å². The highest BCUT2D eigenvalue weighted by Crippen LogP contribution is 2.26. The molecule has 1 saturated heterocycles. The lowest BCUT2D eigenvalue weighted by Crippen LogP contribution is -2.41. The van der Waals surface area contributed by atoms with Crippen molar-refractivity contribution >= 4 is 5.91 Å². The quantitative estimate of drug-likeness (QED) is 0.692. The Morgan fingerprint density at radius 1 is 1.16 bits per heavy atom. The number of ether oxygens (including phenoxy) is 2. The Kier molecular flexibility index (Phi) is 7.26. The van der Waals surface area contributed by atoms with Crippen molar-refractivity contribution in [2.75, 3.05) is 47.4 Å². The van der Waals surface area contributed by atoms with Crippen LogP contribution in [0.1, 0.15) is 30.1 Å². The Hall–Kier alpha value is -2.65. The van der Waals surface area contributed by atoms with Gasteiger partial charge in [-0.15, -0.1) is 10.2 Å². The predicted molar refractivity (Wildman–Crippen MR) is 121 cm³/mol. The molecule has 0 saturated carbocycles. The monoisotopic (exact) mass is 442 g/mol. The fourth-order valence-corrected chi connectivity index (χ4v) is 4.63. The van der Waals surface area contributed by atoms with Crippen molar-refractivity contribution < 1.29 is 14.3 Å². The average molecular weight is 443 g/mol. The van der Waals surface area contributed by atoms with Gasteiger partial charge in [0.05, 0.1) is 26.7 Å². The molecule has 2 aromatic rings. The number of fused-ring (bicyclic) bond motifs is 1. The zero-order valence-corrected chi connectivity index (χ0v) is 19.3. The van der Waals surface area contributed by atoms with Crippen molar-refractivity contribution in [1.29, 1.82) is 0 Å². The highest BCUT2D eigenvalue weighted by atomic mass is 16.5. The van der Waals surface area contributed by atoms with Crippen LogP contribution in [0.5, 0.6) is 11.5 Å². The standard InChI is InChI=1S/C23H34N6O3/c1-27-9-4-5-18(15-27)23(30)24-14-22-26-25-21-8-10-28(11-12-29(21)22)16-17-6-7-19(31-2)13-20(17)32-3/h6-7,13,18H,4-5,8-12,14-16H2,1-3H3,(H,24,30). The fraction of sp³-hybridized carbons (Fsp3) is 0.609. The normalized spacial score (nSPS) is 19.8. The first-order chi connectivity index (χ1) is 15.6. The number of aromatic nitrogens is 3. The van der Waals surface area contributed by atoms with Crippen molar-refractivity contribution in [2.24, 2.45) is 5.92 Å². The van der Waals surface area contributed by atoms with Gasteiger partial charge in [0.15, 0.2) is 5.82 Å². The van der Waals surface area contributed by atoms with Crippen molar-refractivity contribution in [3.63, 3.8) is 0 Å². The molecule has 2 aliphatic heterocycles. The molecule has 0 spiro atoms. The predicted octanol–water partition coefficient (Wildman–Crippen LogP) is 1.31. The zero-order valence-electron chi connectivity index (χ0n) is 19.3. The molecule has 1 atom stereocenters. The van der Waals surface area contributed by atoms with Crippen molar-refractivity contribution in [3.8, 4) is 11.5 Å². The number of rotatable bonds is 7. The lowest BCUT2D eigenvalue weighted by molar-refractivity contribution is -0.126. The minimum atomic E-state index is 0.0650. The summed E-state index contributed by atoms with van der Waals surface area (Å²) in [6.45, 7) is 5.71. The van der Waals surface area contributed by atoms with Crippen LogP contribution in [-0.2, 0) is 30.8 Å². The van der Waals surface area contributed by atoms with Gasteiger partial charge in [-0.05, 0) is 32.5 Å². The van der Waals surface area contributed by atoms with Crippen molar-refractivity contribution in [3.05, 3.63) is 35.4 Å². The number of piperidine rings is 1. The van der Waals surface area contributed by atoms with Crippen LogP contribution >= 0.6 is 0 Å². The first kappa shape index (κ1) is 22.5. The highest BCUT2D eigenvalue weighted by Gasteiger charge is 2.25. The van der Waals surface area contributed by atoms with Gasteiger partial charge in [-0.2, -0.15) is 0 Å². The molecule has 1 N–H and O–H groups in total. The fourth-order valence-electron chi connectivity index (χ4n) is 4.63. The molecule has 32 heavy (non-hydrogen) atoms. The molecule has 0 radical (unpaired) electrons. The number of nitrogens with zero attached hydrogens (tertiary/aromatic N) is 5. The molecule has 1 aromatic heterocycles. The van der Waals surface area contributed by atoms with Gasteiger partial charge >= 0.3 is 0 Å². The zero-order chi connectivity index (χ0) is 22.5. The van der Waals surface area contributed by atoms with Gasteiger partial charge in [0, 0.05) is 50.8 Å². The van der Waals surface area contributed by atoms with Crippen LogP contribution in [0.3, 0.4) is 0 Å². The molecule has 174 valence electrons. The molecule has 1 unspecified atom stereocenters. The van der Waals surface area contributed by atoms with Crippen LogP contribution in [0.2, 0.25) is 0 Å². The van der Waals surface area contributed by atoms with Crippen LogP contribution < -0.4 is 14.8 Å². The topological polar surface area (TPSA) is 84.7 Å². The van der Waals surface area contributed by atoms with Gasteiger partial charge in [-0.25, -0.2) is 0 Å². The summed E-state index contributed by atoms with van der Waals surface area (Å²) < 4.78 is 13.0. The summed E-state index contributed by atoms with van der Waals surface area (Å²) in [5.74, 6) is 3.63. The lowest BCUT2D eigenvalue weighted by Gasteiger charge is -2.28. The van der Waals surface area contributed by atoms with Gasteiger partial charge < -0.3 is 24.3 Å². The SMILES string of the molecule is COc1ccc(CN2CCc3nnc(CNC(=O)C4CCCN(C)C4)n3CC2)c(OC)c1. The number of benzene rings is 1. The van der Waals surface area contributed by atoms with Crippen molar-refractivity contribution in [1.82, 2.24) is 29.9 Å². The molecule has 1 amide bonds. The maximum atomic E-state index is 12.6. The molecular formula is C23H34N6O3. The summed E-state index contributed by atoms with van der Waals surface area (Å²) in [7, 11) is 5.42. The largest absolute Gasteiger partial charge is 0.497 e. The number of likely N-dealkylation sites (tertiary alicyclic amines) is 1. The molecule has 9 nitrogen and oxygen atoms in total. The van der Waals surface area contributed by atoms with E-state index in [0.717, 1.165) is 87.2 Å². The van der Waals surface area contributed by atoms with Gasteiger partial charge in [-0.3, -0.25) is 9.69 Å². The summed E-state index contributed by atoms with van der Waals surface area (Å²) in [5, 5.41) is 11.9. The Labute approximate surface area is 189 Å². The third-order valence-corrected chi connectivity index (χ3v) is 6.50. The van der Waals surface area contributed by atoms with E-state index < -0.39 is 0 Å². The average Bonchev–Trinajstić information content (AvgIpc) is 3.09. The molecule has 0 aliphatic carbocycles. The number of methoxy groups -OCH3 is 2. The first-order valence-electron chi connectivity index (χ1n) is 11.4. The number of hydrogen-bond acceptors (Lipinski definition) is 7.